The second kappa shape index (κ2) is 6.84. The van der Waals surface area contributed by atoms with Gasteiger partial charge in [0.05, 0.1) is 17.3 Å². The van der Waals surface area contributed by atoms with E-state index in [9.17, 15) is 23.1 Å². The molecule has 1 aliphatic rings. The molecule has 0 amide bonds. The van der Waals surface area contributed by atoms with Crippen molar-refractivity contribution in [2.45, 2.75) is 31.5 Å². The van der Waals surface area contributed by atoms with Gasteiger partial charge in [-0.3, -0.25) is 9.78 Å². The van der Waals surface area contributed by atoms with Gasteiger partial charge in [-0.05, 0) is 55.3 Å². The minimum absolute atomic E-state index is 0.0553. The molecule has 1 aromatic heterocycles. The van der Waals surface area contributed by atoms with Crippen molar-refractivity contribution in [3.05, 3.63) is 47.7 Å². The van der Waals surface area contributed by atoms with E-state index in [0.717, 1.165) is 24.6 Å². The number of nitrogens with one attached hydrogen (secondary N) is 1. The van der Waals surface area contributed by atoms with Crippen molar-refractivity contribution in [1.82, 2.24) is 10.3 Å². The number of aromatic hydroxyl groups is 1. The molecular weight excluding hydrogens is 333 g/mol. The third kappa shape index (κ3) is 3.99. The van der Waals surface area contributed by atoms with E-state index in [4.69, 9.17) is 0 Å². The van der Waals surface area contributed by atoms with Crippen LogP contribution < -0.4 is 5.32 Å². The van der Waals surface area contributed by atoms with Crippen LogP contribution in [0.4, 0.5) is 13.2 Å². The fraction of sp³-hybridized carbons (Fsp3) is 0.333. The van der Waals surface area contributed by atoms with Crippen molar-refractivity contribution in [2.75, 3.05) is 6.54 Å². The van der Waals surface area contributed by atoms with Crippen LogP contribution in [0.3, 0.4) is 0 Å². The number of hydrogen-bond acceptors (Lipinski definition) is 4. The fourth-order valence-electron chi connectivity index (χ4n) is 2.71. The van der Waals surface area contributed by atoms with Crippen LogP contribution in [0.25, 0.3) is 11.3 Å². The molecule has 1 atom stereocenters. The number of nitrogens with zero attached hydrogens (tertiary/aromatic N) is 1. The molecule has 7 heteroatoms. The summed E-state index contributed by atoms with van der Waals surface area (Å²) in [5.74, 6) is -0.323. The zero-order valence-corrected chi connectivity index (χ0v) is 13.3. The lowest BCUT2D eigenvalue weighted by atomic mass is 9.97. The standard InChI is InChI=1S/C18H17F3N2O2/c19-18(20,21)12-2-3-13(17(25)10-12)15-9-11(5-7-23-15)1-4-16(24)14-6-8-22-14/h2-3,5,7,9-10,14,22,25H,1,4,6,8H2/t14-/m0/s1. The summed E-state index contributed by atoms with van der Waals surface area (Å²) < 4.78 is 38.0. The molecule has 1 aromatic carbocycles. The third-order valence-electron chi connectivity index (χ3n) is 4.30. The van der Waals surface area contributed by atoms with E-state index < -0.39 is 17.5 Å². The maximum absolute atomic E-state index is 12.7. The number of phenolic OH excluding ortho intramolecular Hbond substituents is 1. The summed E-state index contributed by atoms with van der Waals surface area (Å²) in [5, 5.41) is 13.0. The number of benzene rings is 1. The van der Waals surface area contributed by atoms with Gasteiger partial charge in [-0.1, -0.05) is 0 Å². The van der Waals surface area contributed by atoms with Gasteiger partial charge in [0.2, 0.25) is 0 Å². The molecule has 1 saturated heterocycles. The number of Topliss-reactive ketones (excluding diaryl/α,β-unsaturated/α-hetero) is 1. The zero-order chi connectivity index (χ0) is 18.0. The molecule has 2 heterocycles. The summed E-state index contributed by atoms with van der Waals surface area (Å²) in [6.45, 7) is 0.864. The van der Waals surface area contributed by atoms with Gasteiger partial charge in [-0.2, -0.15) is 13.2 Å². The Morgan fingerprint density at radius 1 is 1.28 bits per heavy atom. The molecule has 4 nitrogen and oxygen atoms in total. The van der Waals surface area contributed by atoms with E-state index in [2.05, 4.69) is 10.3 Å². The van der Waals surface area contributed by atoms with Gasteiger partial charge in [0.1, 0.15) is 11.5 Å². The largest absolute Gasteiger partial charge is 0.507 e. The molecule has 2 aromatic rings. The van der Waals surface area contributed by atoms with Gasteiger partial charge in [0.25, 0.3) is 0 Å². The molecule has 1 aliphatic heterocycles. The predicted octanol–water partition coefficient (Wildman–Crippen LogP) is 3.34. The maximum atomic E-state index is 12.7. The minimum Gasteiger partial charge on any atom is -0.507 e. The van der Waals surface area contributed by atoms with Gasteiger partial charge in [0, 0.05) is 18.2 Å². The zero-order valence-electron chi connectivity index (χ0n) is 13.3. The highest BCUT2D eigenvalue weighted by Gasteiger charge is 2.31. The van der Waals surface area contributed by atoms with Crippen molar-refractivity contribution in [1.29, 1.82) is 0 Å². The minimum atomic E-state index is -4.51. The summed E-state index contributed by atoms with van der Waals surface area (Å²) in [6, 6.07) is 6.19. The number of halogens is 3. The second-order valence-corrected chi connectivity index (χ2v) is 6.04. The molecule has 3 rings (SSSR count). The van der Waals surface area contributed by atoms with Crippen LogP contribution in [0, 0.1) is 0 Å². The quantitative estimate of drug-likeness (QED) is 0.868. The van der Waals surface area contributed by atoms with Crippen molar-refractivity contribution in [3.8, 4) is 17.0 Å². The smallest absolute Gasteiger partial charge is 0.416 e. The van der Waals surface area contributed by atoms with Crippen molar-refractivity contribution >= 4 is 5.78 Å². The van der Waals surface area contributed by atoms with Crippen LogP contribution in [0.5, 0.6) is 5.75 Å². The predicted molar refractivity (Wildman–Crippen MR) is 86.1 cm³/mol. The van der Waals surface area contributed by atoms with Crippen molar-refractivity contribution in [3.63, 3.8) is 0 Å². The number of aromatic nitrogens is 1. The topological polar surface area (TPSA) is 62.2 Å². The highest BCUT2D eigenvalue weighted by Crippen LogP contribution is 2.36. The summed E-state index contributed by atoms with van der Waals surface area (Å²) in [7, 11) is 0. The molecule has 2 N–H and O–H groups in total. The fourth-order valence-corrected chi connectivity index (χ4v) is 2.71. The van der Waals surface area contributed by atoms with Crippen LogP contribution in [-0.4, -0.2) is 28.5 Å². The maximum Gasteiger partial charge on any atom is 0.416 e. The molecule has 1 fully saturated rings. The lowest BCUT2D eigenvalue weighted by Gasteiger charge is -2.26. The van der Waals surface area contributed by atoms with Gasteiger partial charge in [0.15, 0.2) is 0 Å². The van der Waals surface area contributed by atoms with Gasteiger partial charge in [-0.25, -0.2) is 0 Å². The molecule has 0 saturated carbocycles. The monoisotopic (exact) mass is 350 g/mol. The third-order valence-corrected chi connectivity index (χ3v) is 4.30. The lowest BCUT2D eigenvalue weighted by molar-refractivity contribution is -0.137. The SMILES string of the molecule is O=C(CCc1ccnc(-c2ccc(C(F)(F)F)cc2O)c1)[C@@H]1CCN1. The molecule has 132 valence electrons. The van der Waals surface area contributed by atoms with Crippen LogP contribution in [-0.2, 0) is 17.4 Å². The first-order valence-corrected chi connectivity index (χ1v) is 7.96. The number of alkyl halides is 3. The average molecular weight is 350 g/mol. The van der Waals surface area contributed by atoms with Crippen LogP contribution >= 0.6 is 0 Å². The van der Waals surface area contributed by atoms with E-state index in [1.165, 1.54) is 12.3 Å². The Bertz CT molecular complexity index is 786. The Morgan fingerprint density at radius 3 is 2.64 bits per heavy atom. The number of pyridine rings is 1. The first kappa shape index (κ1) is 17.4. The highest BCUT2D eigenvalue weighted by atomic mass is 19.4. The molecule has 0 aliphatic carbocycles. The van der Waals surface area contributed by atoms with E-state index in [-0.39, 0.29) is 17.4 Å². The molecular formula is C18H17F3N2O2. The Labute approximate surface area is 142 Å². The second-order valence-electron chi connectivity index (χ2n) is 6.04. The molecule has 25 heavy (non-hydrogen) atoms. The number of hydrogen-bond donors (Lipinski definition) is 2. The van der Waals surface area contributed by atoms with E-state index in [0.29, 0.717) is 24.6 Å². The number of aryl methyl sites for hydroxylation is 1. The molecule has 0 unspecified atom stereocenters. The van der Waals surface area contributed by atoms with Crippen LogP contribution in [0.2, 0.25) is 0 Å². The number of carbonyl (C=O) groups is 1. The van der Waals surface area contributed by atoms with E-state index >= 15 is 0 Å². The lowest BCUT2D eigenvalue weighted by Crippen LogP contribution is -2.48. The van der Waals surface area contributed by atoms with Crippen LogP contribution in [0.1, 0.15) is 24.0 Å². The normalized spacial score (nSPS) is 17.2. The van der Waals surface area contributed by atoms with E-state index in [1.54, 1.807) is 12.1 Å². The summed E-state index contributed by atoms with van der Waals surface area (Å²) >= 11 is 0. The van der Waals surface area contributed by atoms with Crippen LogP contribution in [0.15, 0.2) is 36.5 Å². The van der Waals surface area contributed by atoms with Gasteiger partial charge < -0.3 is 10.4 Å². The number of carbonyl (C=O) groups excluding carboxylic acids is 1. The number of phenols is 1. The number of ketones is 1. The Balaban J connectivity index is 1.75. The Hall–Kier alpha value is -2.41. The summed E-state index contributed by atoms with van der Waals surface area (Å²) in [4.78, 5) is 16.0. The highest BCUT2D eigenvalue weighted by molar-refractivity contribution is 5.85. The van der Waals surface area contributed by atoms with Gasteiger partial charge in [-0.15, -0.1) is 0 Å². The summed E-state index contributed by atoms with van der Waals surface area (Å²) in [5.41, 5.74) is 0.528. The summed E-state index contributed by atoms with van der Waals surface area (Å²) in [6.07, 6.45) is -1.22. The molecule has 0 spiro atoms. The first-order chi connectivity index (χ1) is 11.8. The average Bonchev–Trinajstić information content (AvgIpc) is 2.50. The molecule has 0 radical (unpaired) electrons. The van der Waals surface area contributed by atoms with Crippen molar-refractivity contribution < 1.29 is 23.1 Å². The van der Waals surface area contributed by atoms with E-state index in [1.807, 2.05) is 0 Å². The first-order valence-electron chi connectivity index (χ1n) is 7.96. The molecule has 0 bridgehead atoms. The Kier molecular flexibility index (Phi) is 4.76. The number of rotatable bonds is 5. The van der Waals surface area contributed by atoms with Gasteiger partial charge >= 0.3 is 6.18 Å². The van der Waals surface area contributed by atoms with Crippen molar-refractivity contribution in [2.24, 2.45) is 0 Å². The Morgan fingerprint density at radius 2 is 2.04 bits per heavy atom.